The zero-order valence-electron chi connectivity index (χ0n) is 18.5. The average molecular weight is 455 g/mol. The number of nitrogens with one attached hydrogen (secondary N) is 1. The van der Waals surface area contributed by atoms with Crippen molar-refractivity contribution in [3.05, 3.63) is 115 Å². The number of allylic oxidation sites excluding steroid dienone is 1. The van der Waals surface area contributed by atoms with Gasteiger partial charge in [0.25, 0.3) is 0 Å². The van der Waals surface area contributed by atoms with E-state index in [-0.39, 0.29) is 17.2 Å². The summed E-state index contributed by atoms with van der Waals surface area (Å²) in [6.45, 7) is 6.32. The van der Waals surface area contributed by atoms with Crippen LogP contribution >= 0.6 is 11.8 Å². The summed E-state index contributed by atoms with van der Waals surface area (Å²) in [6, 6.07) is 29.7. The summed E-state index contributed by atoms with van der Waals surface area (Å²) in [4.78, 5) is 13.2. The highest BCUT2D eigenvalue weighted by Gasteiger charge is 2.24. The molecule has 33 heavy (non-hydrogen) atoms. The molecule has 1 amide bonds. The molecular weight excluding hydrogens is 428 g/mol. The van der Waals surface area contributed by atoms with E-state index in [2.05, 4.69) is 22.1 Å². The van der Waals surface area contributed by atoms with E-state index < -0.39 is 0 Å². The molecule has 6 heteroatoms. The van der Waals surface area contributed by atoms with Gasteiger partial charge in [-0.25, -0.2) is 0 Å². The molecule has 3 aromatic carbocycles. The van der Waals surface area contributed by atoms with Crippen LogP contribution < -0.4 is 5.32 Å². The average Bonchev–Trinajstić information content (AvgIpc) is 3.26. The second-order valence-electron chi connectivity index (χ2n) is 7.59. The van der Waals surface area contributed by atoms with Gasteiger partial charge < -0.3 is 5.32 Å². The van der Waals surface area contributed by atoms with Crippen molar-refractivity contribution in [3.8, 4) is 11.4 Å². The Bertz CT molecular complexity index is 1150. The minimum Gasteiger partial charge on any atom is -0.344 e. The van der Waals surface area contributed by atoms with Crippen molar-refractivity contribution in [2.24, 2.45) is 0 Å². The summed E-state index contributed by atoms with van der Waals surface area (Å²) in [5.41, 5.74) is 3.05. The zero-order chi connectivity index (χ0) is 23.0. The van der Waals surface area contributed by atoms with Gasteiger partial charge in [-0.1, -0.05) is 109 Å². The minimum atomic E-state index is -0.365. The van der Waals surface area contributed by atoms with Crippen LogP contribution in [0.2, 0.25) is 0 Å². The molecule has 0 aliphatic heterocycles. The van der Waals surface area contributed by atoms with Crippen molar-refractivity contribution in [1.29, 1.82) is 0 Å². The number of carbonyl (C=O) groups is 1. The van der Waals surface area contributed by atoms with Crippen LogP contribution in [-0.4, -0.2) is 25.9 Å². The fourth-order valence-corrected chi connectivity index (χ4v) is 4.46. The van der Waals surface area contributed by atoms with E-state index >= 15 is 0 Å². The number of thioether (sulfide) groups is 1. The van der Waals surface area contributed by atoms with Gasteiger partial charge in [0.1, 0.15) is 0 Å². The fourth-order valence-electron chi connectivity index (χ4n) is 3.59. The molecule has 1 heterocycles. The van der Waals surface area contributed by atoms with E-state index in [4.69, 9.17) is 0 Å². The first kappa shape index (κ1) is 22.6. The van der Waals surface area contributed by atoms with Crippen molar-refractivity contribution in [1.82, 2.24) is 20.1 Å². The monoisotopic (exact) mass is 454 g/mol. The summed E-state index contributed by atoms with van der Waals surface area (Å²) >= 11 is 1.40. The van der Waals surface area contributed by atoms with Gasteiger partial charge in [-0.2, -0.15) is 0 Å². The Morgan fingerprint density at radius 1 is 0.939 bits per heavy atom. The Hall–Kier alpha value is -3.64. The quantitative estimate of drug-likeness (QED) is 0.267. The first-order chi connectivity index (χ1) is 16.2. The maximum atomic E-state index is 13.2. The van der Waals surface area contributed by atoms with Crippen LogP contribution in [0.25, 0.3) is 11.4 Å². The number of aromatic nitrogens is 3. The van der Waals surface area contributed by atoms with Crippen molar-refractivity contribution < 1.29 is 4.79 Å². The highest BCUT2D eigenvalue weighted by atomic mass is 32.2. The maximum absolute atomic E-state index is 13.2. The predicted molar refractivity (Wildman–Crippen MR) is 134 cm³/mol. The summed E-state index contributed by atoms with van der Waals surface area (Å²) in [5.74, 6) is 0.698. The van der Waals surface area contributed by atoms with Gasteiger partial charge in [0.05, 0.1) is 11.3 Å². The summed E-state index contributed by atoms with van der Waals surface area (Å²) in [7, 11) is 0. The highest BCUT2D eigenvalue weighted by molar-refractivity contribution is 8.00. The van der Waals surface area contributed by atoms with Crippen molar-refractivity contribution >= 4 is 17.7 Å². The van der Waals surface area contributed by atoms with Gasteiger partial charge in [-0.05, 0) is 18.1 Å². The Morgan fingerprint density at radius 2 is 1.48 bits per heavy atom. The van der Waals surface area contributed by atoms with Gasteiger partial charge in [0.15, 0.2) is 11.0 Å². The Kier molecular flexibility index (Phi) is 7.37. The summed E-state index contributed by atoms with van der Waals surface area (Å²) in [6.07, 6.45) is 1.81. The normalized spacial score (nSPS) is 11.8. The second kappa shape index (κ2) is 10.8. The van der Waals surface area contributed by atoms with Crippen LogP contribution in [0, 0.1) is 0 Å². The smallest absolute Gasteiger partial charge is 0.234 e. The zero-order valence-corrected chi connectivity index (χ0v) is 19.3. The molecule has 0 spiro atoms. The molecule has 4 aromatic rings. The molecule has 5 nitrogen and oxygen atoms in total. The van der Waals surface area contributed by atoms with Crippen LogP contribution in [0.4, 0.5) is 0 Å². The molecule has 0 saturated heterocycles. The number of hydrogen-bond acceptors (Lipinski definition) is 4. The van der Waals surface area contributed by atoms with Crippen LogP contribution in [0.3, 0.4) is 0 Å². The van der Waals surface area contributed by atoms with E-state index in [9.17, 15) is 4.79 Å². The van der Waals surface area contributed by atoms with Gasteiger partial charge in [0.2, 0.25) is 5.91 Å². The lowest BCUT2D eigenvalue weighted by Crippen LogP contribution is -2.35. The molecule has 0 aliphatic carbocycles. The molecule has 1 N–H and O–H groups in total. The first-order valence-corrected chi connectivity index (χ1v) is 11.7. The van der Waals surface area contributed by atoms with E-state index in [1.807, 2.05) is 109 Å². The van der Waals surface area contributed by atoms with E-state index in [0.717, 1.165) is 22.5 Å². The molecule has 0 bridgehead atoms. The van der Waals surface area contributed by atoms with Gasteiger partial charge in [-0.15, -0.1) is 16.8 Å². The molecule has 0 fully saturated rings. The molecule has 1 unspecified atom stereocenters. The summed E-state index contributed by atoms with van der Waals surface area (Å²) < 4.78 is 1.99. The second-order valence-corrected chi connectivity index (χ2v) is 8.90. The third kappa shape index (κ3) is 5.41. The van der Waals surface area contributed by atoms with Crippen molar-refractivity contribution in [2.45, 2.75) is 29.9 Å². The molecule has 4 rings (SSSR count). The number of carbonyl (C=O) groups excluding carboxylic acids is 1. The Balaban J connectivity index is 1.55. The Morgan fingerprint density at radius 3 is 2.03 bits per heavy atom. The van der Waals surface area contributed by atoms with Crippen LogP contribution in [0.15, 0.2) is 109 Å². The lowest BCUT2D eigenvalue weighted by Gasteiger charge is -2.22. The fraction of sp³-hybridized carbons (Fsp3) is 0.148. The maximum Gasteiger partial charge on any atom is 0.234 e. The number of amides is 1. The highest BCUT2D eigenvalue weighted by Crippen LogP contribution is 2.28. The first-order valence-electron chi connectivity index (χ1n) is 10.8. The predicted octanol–water partition coefficient (Wildman–Crippen LogP) is 5.52. The largest absolute Gasteiger partial charge is 0.344 e. The lowest BCUT2D eigenvalue weighted by atomic mass is 9.98. The van der Waals surface area contributed by atoms with E-state index in [1.165, 1.54) is 11.8 Å². The molecule has 0 aliphatic rings. The summed E-state index contributed by atoms with van der Waals surface area (Å²) in [5, 5.41) is 12.3. The minimum absolute atomic E-state index is 0.0629. The van der Waals surface area contributed by atoms with Crippen LogP contribution in [-0.2, 0) is 11.3 Å². The number of benzene rings is 3. The standard InChI is InChI=1S/C27H26N4OS/c1-3-19-31-25(23-17-11-6-12-18-23)29-30-27(31)33-20(2)26(32)28-24(21-13-7-4-8-14-21)22-15-9-5-10-16-22/h3-18,20,24H,1,19H2,2H3,(H,28,32). The third-order valence-electron chi connectivity index (χ3n) is 5.26. The molecular formula is C27H26N4OS. The Labute approximate surface area is 198 Å². The van der Waals surface area contributed by atoms with Crippen LogP contribution in [0.1, 0.15) is 24.1 Å². The number of nitrogens with zero attached hydrogens (tertiary/aromatic N) is 3. The van der Waals surface area contributed by atoms with Crippen LogP contribution in [0.5, 0.6) is 0 Å². The SMILES string of the molecule is C=CCn1c(SC(C)C(=O)NC(c2ccccc2)c2ccccc2)nnc1-c1ccccc1. The van der Waals surface area contributed by atoms with E-state index in [0.29, 0.717) is 11.7 Å². The molecule has 0 saturated carbocycles. The topological polar surface area (TPSA) is 59.8 Å². The van der Waals surface area contributed by atoms with Gasteiger partial charge >= 0.3 is 0 Å². The van der Waals surface area contributed by atoms with Crippen molar-refractivity contribution in [2.75, 3.05) is 0 Å². The molecule has 0 radical (unpaired) electrons. The van der Waals surface area contributed by atoms with E-state index in [1.54, 1.807) is 0 Å². The molecule has 1 aromatic heterocycles. The number of rotatable bonds is 9. The molecule has 1 atom stereocenters. The molecule has 166 valence electrons. The third-order valence-corrected chi connectivity index (χ3v) is 6.34. The van der Waals surface area contributed by atoms with Gasteiger partial charge in [0, 0.05) is 12.1 Å². The lowest BCUT2D eigenvalue weighted by molar-refractivity contribution is -0.120. The number of hydrogen-bond donors (Lipinski definition) is 1. The van der Waals surface area contributed by atoms with Gasteiger partial charge in [-0.3, -0.25) is 9.36 Å². The van der Waals surface area contributed by atoms with Crippen molar-refractivity contribution in [3.63, 3.8) is 0 Å².